The molecule has 0 bridgehead atoms. The van der Waals surface area contributed by atoms with E-state index in [1.807, 2.05) is 42.5 Å². The van der Waals surface area contributed by atoms with Crippen LogP contribution in [0.25, 0.3) is 11.0 Å². The van der Waals surface area contributed by atoms with Crippen molar-refractivity contribution in [1.82, 2.24) is 0 Å². The van der Waals surface area contributed by atoms with Crippen LogP contribution in [-0.4, -0.2) is 12.8 Å². The van der Waals surface area contributed by atoms with Gasteiger partial charge in [0.15, 0.2) is 0 Å². The lowest BCUT2D eigenvalue weighted by molar-refractivity contribution is 0.416. The Morgan fingerprint density at radius 2 is 1.82 bits per heavy atom. The second kappa shape index (κ2) is 5.85. The molecule has 0 N–H and O–H groups in total. The third-order valence-electron chi connectivity index (χ3n) is 3.40. The fourth-order valence-electron chi connectivity index (χ4n) is 2.28. The Bertz CT molecular complexity index is 909. The molecule has 22 heavy (non-hydrogen) atoms. The highest BCUT2D eigenvalue weighted by atomic mass is 16.5. The van der Waals surface area contributed by atoms with E-state index < -0.39 is 5.63 Å². The zero-order chi connectivity index (χ0) is 15.5. The van der Waals surface area contributed by atoms with E-state index in [-0.39, 0.29) is 0 Å². The van der Waals surface area contributed by atoms with Crippen molar-refractivity contribution in [2.24, 2.45) is 4.99 Å². The monoisotopic (exact) mass is 293 g/mol. The minimum absolute atomic E-state index is 0.394. The molecular formula is C18H15NO3. The summed E-state index contributed by atoms with van der Waals surface area (Å²) in [5, 5.41) is 0.867. The lowest BCUT2D eigenvalue weighted by Crippen LogP contribution is -2.11. The van der Waals surface area contributed by atoms with Gasteiger partial charge in [-0.2, -0.15) is 0 Å². The molecule has 110 valence electrons. The summed E-state index contributed by atoms with van der Waals surface area (Å²) in [4.78, 5) is 16.6. The van der Waals surface area contributed by atoms with Gasteiger partial charge in [-0.3, -0.25) is 0 Å². The average Bonchev–Trinajstić information content (AvgIpc) is 2.54. The molecule has 0 aliphatic heterocycles. The number of nitrogens with zero attached hydrogens (tertiary/aromatic N) is 1. The summed E-state index contributed by atoms with van der Waals surface area (Å²) in [6.45, 7) is 1.79. The molecule has 0 atom stereocenters. The van der Waals surface area contributed by atoms with E-state index in [4.69, 9.17) is 9.15 Å². The highest BCUT2D eigenvalue weighted by molar-refractivity contribution is 6.02. The molecule has 0 unspecified atom stereocenters. The van der Waals surface area contributed by atoms with E-state index in [0.29, 0.717) is 28.3 Å². The minimum Gasteiger partial charge on any atom is -0.494 e. The predicted octanol–water partition coefficient (Wildman–Crippen LogP) is 3.94. The molecule has 3 rings (SSSR count). The largest absolute Gasteiger partial charge is 0.494 e. The summed E-state index contributed by atoms with van der Waals surface area (Å²) in [5.41, 5.74) is 1.89. The number of fused-ring (bicyclic) bond motifs is 1. The molecule has 2 aromatic carbocycles. The fraction of sp³-hybridized carbons (Fsp3) is 0.111. The van der Waals surface area contributed by atoms with E-state index >= 15 is 0 Å². The van der Waals surface area contributed by atoms with Crippen molar-refractivity contribution in [3.05, 3.63) is 70.6 Å². The van der Waals surface area contributed by atoms with Gasteiger partial charge in [-0.1, -0.05) is 30.3 Å². The summed E-state index contributed by atoms with van der Waals surface area (Å²) >= 11 is 0. The lowest BCUT2D eigenvalue weighted by atomic mass is 10.1. The second-order valence-electron chi connectivity index (χ2n) is 4.85. The molecule has 4 nitrogen and oxygen atoms in total. The van der Waals surface area contributed by atoms with Crippen molar-refractivity contribution >= 4 is 22.4 Å². The Hall–Kier alpha value is -2.88. The Morgan fingerprint density at radius 1 is 1.09 bits per heavy atom. The number of rotatable bonds is 3. The summed E-state index contributed by atoms with van der Waals surface area (Å²) < 4.78 is 10.6. The van der Waals surface area contributed by atoms with Crippen LogP contribution in [-0.2, 0) is 0 Å². The highest BCUT2D eigenvalue weighted by Gasteiger charge is 2.09. The first-order valence-electron chi connectivity index (χ1n) is 6.90. The quantitative estimate of drug-likeness (QED) is 0.543. The SMILES string of the molecule is COc1ccccc1N=C(C)c1cc2ccccc2oc1=O. The Morgan fingerprint density at radius 3 is 2.64 bits per heavy atom. The first-order valence-corrected chi connectivity index (χ1v) is 6.90. The molecular weight excluding hydrogens is 278 g/mol. The van der Waals surface area contributed by atoms with Crippen LogP contribution in [0.4, 0.5) is 5.69 Å². The van der Waals surface area contributed by atoms with Gasteiger partial charge in [0.2, 0.25) is 0 Å². The standard InChI is InChI=1S/C18H15NO3/c1-12(19-15-8-4-6-10-17(15)21-2)14-11-13-7-3-5-9-16(13)22-18(14)20/h3-11H,1-2H3. The average molecular weight is 293 g/mol. The molecule has 4 heteroatoms. The van der Waals surface area contributed by atoms with Crippen LogP contribution in [0.3, 0.4) is 0 Å². The van der Waals surface area contributed by atoms with E-state index in [9.17, 15) is 4.79 Å². The van der Waals surface area contributed by atoms with Crippen LogP contribution in [0.1, 0.15) is 12.5 Å². The number of hydrogen-bond acceptors (Lipinski definition) is 4. The zero-order valence-corrected chi connectivity index (χ0v) is 12.4. The van der Waals surface area contributed by atoms with Crippen molar-refractivity contribution < 1.29 is 9.15 Å². The Kier molecular flexibility index (Phi) is 3.74. The number of benzene rings is 2. The van der Waals surface area contributed by atoms with Crippen molar-refractivity contribution in [3.63, 3.8) is 0 Å². The number of para-hydroxylation sites is 3. The van der Waals surface area contributed by atoms with Gasteiger partial charge in [-0.25, -0.2) is 9.79 Å². The van der Waals surface area contributed by atoms with Gasteiger partial charge in [0.05, 0.1) is 18.4 Å². The zero-order valence-electron chi connectivity index (χ0n) is 12.4. The second-order valence-corrected chi connectivity index (χ2v) is 4.85. The van der Waals surface area contributed by atoms with Crippen LogP contribution in [0.5, 0.6) is 5.75 Å². The van der Waals surface area contributed by atoms with Crippen molar-refractivity contribution in [2.45, 2.75) is 6.92 Å². The van der Waals surface area contributed by atoms with Gasteiger partial charge in [0, 0.05) is 5.39 Å². The van der Waals surface area contributed by atoms with Gasteiger partial charge in [-0.05, 0) is 31.2 Å². The molecule has 0 fully saturated rings. The van der Waals surface area contributed by atoms with Crippen LogP contribution < -0.4 is 10.4 Å². The third kappa shape index (κ3) is 2.63. The van der Waals surface area contributed by atoms with E-state index in [1.54, 1.807) is 26.2 Å². The van der Waals surface area contributed by atoms with Crippen molar-refractivity contribution in [1.29, 1.82) is 0 Å². The van der Waals surface area contributed by atoms with Crippen LogP contribution in [0.2, 0.25) is 0 Å². The maximum Gasteiger partial charge on any atom is 0.345 e. The van der Waals surface area contributed by atoms with Gasteiger partial charge >= 0.3 is 5.63 Å². The van der Waals surface area contributed by atoms with Crippen molar-refractivity contribution in [3.8, 4) is 5.75 Å². The molecule has 1 aromatic heterocycles. The van der Waals surface area contributed by atoms with E-state index in [1.165, 1.54) is 0 Å². The Balaban J connectivity index is 2.12. The number of ether oxygens (including phenoxy) is 1. The van der Waals surface area contributed by atoms with E-state index in [0.717, 1.165) is 5.39 Å². The van der Waals surface area contributed by atoms with Gasteiger partial charge < -0.3 is 9.15 Å². The molecule has 0 aliphatic rings. The molecule has 1 heterocycles. The summed E-state index contributed by atoms with van der Waals surface area (Å²) in [5.74, 6) is 0.659. The van der Waals surface area contributed by atoms with Gasteiger partial charge in [0.1, 0.15) is 17.0 Å². The maximum atomic E-state index is 12.1. The molecule has 0 saturated heterocycles. The molecule has 0 spiro atoms. The molecule has 0 amide bonds. The first-order chi connectivity index (χ1) is 10.7. The maximum absolute atomic E-state index is 12.1. The van der Waals surface area contributed by atoms with Crippen LogP contribution >= 0.6 is 0 Å². The predicted molar refractivity (Wildman–Crippen MR) is 87.3 cm³/mol. The lowest BCUT2D eigenvalue weighted by Gasteiger charge is -2.05. The number of hydrogen-bond donors (Lipinski definition) is 0. The molecule has 0 aliphatic carbocycles. The third-order valence-corrected chi connectivity index (χ3v) is 3.40. The van der Waals surface area contributed by atoms with Crippen LogP contribution in [0.15, 0.2) is 68.8 Å². The highest BCUT2D eigenvalue weighted by Crippen LogP contribution is 2.27. The van der Waals surface area contributed by atoms with Gasteiger partial charge in [-0.15, -0.1) is 0 Å². The minimum atomic E-state index is -0.394. The molecule has 0 saturated carbocycles. The van der Waals surface area contributed by atoms with Crippen LogP contribution in [0, 0.1) is 0 Å². The van der Waals surface area contributed by atoms with E-state index in [2.05, 4.69) is 4.99 Å². The summed E-state index contributed by atoms with van der Waals surface area (Å²) in [6.07, 6.45) is 0. The fourth-order valence-corrected chi connectivity index (χ4v) is 2.28. The number of methoxy groups -OCH3 is 1. The summed E-state index contributed by atoms with van der Waals surface area (Å²) in [7, 11) is 1.59. The molecule has 3 aromatic rings. The van der Waals surface area contributed by atoms with Crippen molar-refractivity contribution in [2.75, 3.05) is 7.11 Å². The summed E-state index contributed by atoms with van der Waals surface area (Å²) in [6, 6.07) is 16.6. The Labute approximate surface area is 127 Å². The molecule has 0 radical (unpaired) electrons. The smallest absolute Gasteiger partial charge is 0.345 e. The topological polar surface area (TPSA) is 51.8 Å². The van der Waals surface area contributed by atoms with Gasteiger partial charge in [0.25, 0.3) is 0 Å². The number of aliphatic imine (C=N–C) groups is 1. The first kappa shape index (κ1) is 14.1. The normalized spacial score (nSPS) is 11.6.